The van der Waals surface area contributed by atoms with Gasteiger partial charge in [-0.2, -0.15) is 0 Å². The molecule has 1 saturated carbocycles. The molecule has 0 spiro atoms. The summed E-state index contributed by atoms with van der Waals surface area (Å²) in [6.45, 7) is 5.34. The smallest absolute Gasteiger partial charge is 0.232 e. The number of halogens is 1. The first-order valence-corrected chi connectivity index (χ1v) is 10.8. The molecule has 8 heteroatoms. The molecule has 1 aromatic heterocycles. The summed E-state index contributed by atoms with van der Waals surface area (Å²) in [7, 11) is 0. The lowest BCUT2D eigenvalue weighted by Gasteiger charge is -2.39. The zero-order valence-corrected chi connectivity index (χ0v) is 17.0. The van der Waals surface area contributed by atoms with Crippen molar-refractivity contribution in [2.45, 2.75) is 38.5 Å². The quantitative estimate of drug-likeness (QED) is 0.534. The first-order valence-electron chi connectivity index (χ1n) is 10.4. The summed E-state index contributed by atoms with van der Waals surface area (Å²) < 4.78 is 0. The van der Waals surface area contributed by atoms with Gasteiger partial charge in [0.05, 0.1) is 12.4 Å². The first kappa shape index (κ1) is 19.6. The van der Waals surface area contributed by atoms with Gasteiger partial charge in [0.2, 0.25) is 11.8 Å². The number of carbonyl (C=O) groups excluding carboxylic acids is 2. The highest BCUT2D eigenvalue weighted by Crippen LogP contribution is 2.36. The molecule has 4 rings (SSSR count). The molecular weight excluding hydrogens is 378 g/mol. The van der Waals surface area contributed by atoms with Crippen molar-refractivity contribution in [2.75, 3.05) is 44.2 Å². The Morgan fingerprint density at radius 2 is 1.64 bits per heavy atom. The molecule has 2 atom stereocenters. The molecule has 28 heavy (non-hydrogen) atoms. The molecule has 2 bridgehead atoms. The van der Waals surface area contributed by atoms with Crippen LogP contribution < -0.4 is 4.90 Å². The van der Waals surface area contributed by atoms with Gasteiger partial charge < -0.3 is 4.90 Å². The number of piperazine rings is 1. The van der Waals surface area contributed by atoms with Crippen LogP contribution in [0.1, 0.15) is 38.5 Å². The summed E-state index contributed by atoms with van der Waals surface area (Å²) in [5.41, 5.74) is 0. The number of hydrogen-bond acceptors (Lipinski definition) is 6. The van der Waals surface area contributed by atoms with Gasteiger partial charge in [0.25, 0.3) is 0 Å². The Morgan fingerprint density at radius 3 is 2.32 bits per heavy atom. The summed E-state index contributed by atoms with van der Waals surface area (Å²) in [5.74, 6) is 1.19. The lowest BCUT2D eigenvalue weighted by molar-refractivity contribution is -0.158. The fraction of sp³-hybridized carbons (Fsp3) is 0.700. The molecule has 0 N–H and O–H groups in total. The van der Waals surface area contributed by atoms with Crippen molar-refractivity contribution in [3.63, 3.8) is 0 Å². The van der Waals surface area contributed by atoms with Gasteiger partial charge in [-0.1, -0.05) is 18.0 Å². The van der Waals surface area contributed by atoms with Gasteiger partial charge in [-0.3, -0.25) is 24.4 Å². The van der Waals surface area contributed by atoms with Gasteiger partial charge >= 0.3 is 0 Å². The predicted octanol–water partition coefficient (Wildman–Crippen LogP) is 2.21. The second-order valence-electron chi connectivity index (χ2n) is 8.12. The van der Waals surface area contributed by atoms with Crippen LogP contribution in [0.4, 0.5) is 5.82 Å². The third-order valence-electron chi connectivity index (χ3n) is 6.30. The minimum atomic E-state index is 0.0807. The average Bonchev–Trinajstić information content (AvgIpc) is 2.73. The molecule has 7 nitrogen and oxygen atoms in total. The van der Waals surface area contributed by atoms with Crippen molar-refractivity contribution in [1.82, 2.24) is 19.8 Å². The van der Waals surface area contributed by atoms with Crippen LogP contribution in [0.3, 0.4) is 0 Å². The van der Waals surface area contributed by atoms with Crippen LogP contribution in [0.5, 0.6) is 0 Å². The Bertz CT molecular complexity index is 700. The number of aromatic nitrogens is 2. The van der Waals surface area contributed by atoms with E-state index < -0.39 is 0 Å². The van der Waals surface area contributed by atoms with Gasteiger partial charge in [-0.15, -0.1) is 0 Å². The van der Waals surface area contributed by atoms with E-state index in [1.807, 2.05) is 0 Å². The van der Waals surface area contributed by atoms with Crippen molar-refractivity contribution in [1.29, 1.82) is 0 Å². The van der Waals surface area contributed by atoms with Gasteiger partial charge in [-0.25, -0.2) is 4.98 Å². The van der Waals surface area contributed by atoms with E-state index in [1.165, 1.54) is 0 Å². The molecule has 0 radical (unpaired) electrons. The van der Waals surface area contributed by atoms with E-state index in [9.17, 15) is 9.59 Å². The molecule has 1 aliphatic carbocycles. The number of fused-ring (bicyclic) bond motifs is 2. The lowest BCUT2D eigenvalue weighted by atomic mass is 9.77. The van der Waals surface area contributed by atoms with Gasteiger partial charge in [-0.05, 0) is 38.6 Å². The van der Waals surface area contributed by atoms with E-state index in [2.05, 4.69) is 19.8 Å². The highest BCUT2D eigenvalue weighted by atomic mass is 35.5. The van der Waals surface area contributed by atoms with E-state index in [0.29, 0.717) is 11.7 Å². The predicted molar refractivity (Wildman–Crippen MR) is 107 cm³/mol. The summed E-state index contributed by atoms with van der Waals surface area (Å²) >= 11 is 5.93. The zero-order valence-electron chi connectivity index (χ0n) is 16.2. The SMILES string of the molecule is O=C1C2CCCC(C2)C(=O)N1CCCCN1CCN(c2cncc(Cl)n2)CC1. The average molecular weight is 406 g/mol. The molecule has 2 saturated heterocycles. The maximum absolute atomic E-state index is 12.5. The summed E-state index contributed by atoms with van der Waals surface area (Å²) in [5, 5.41) is 0.422. The van der Waals surface area contributed by atoms with E-state index >= 15 is 0 Å². The summed E-state index contributed by atoms with van der Waals surface area (Å²) in [6.07, 6.45) is 8.92. The summed E-state index contributed by atoms with van der Waals surface area (Å²) in [4.78, 5) is 39.7. The zero-order chi connectivity index (χ0) is 19.5. The highest BCUT2D eigenvalue weighted by Gasteiger charge is 2.42. The number of carbonyl (C=O) groups is 2. The molecule has 3 fully saturated rings. The number of amides is 2. The molecule has 2 aliphatic heterocycles. The number of piperidine rings is 1. The lowest BCUT2D eigenvalue weighted by Crippen LogP contribution is -2.51. The third kappa shape index (κ3) is 4.30. The maximum Gasteiger partial charge on any atom is 0.232 e. The molecule has 0 aromatic carbocycles. The Hall–Kier alpha value is -1.73. The monoisotopic (exact) mass is 405 g/mol. The Balaban J connectivity index is 1.18. The fourth-order valence-corrected chi connectivity index (χ4v) is 4.84. The van der Waals surface area contributed by atoms with Crippen LogP contribution in [0.25, 0.3) is 0 Å². The van der Waals surface area contributed by atoms with E-state index in [0.717, 1.165) is 77.1 Å². The van der Waals surface area contributed by atoms with Crippen LogP contribution >= 0.6 is 11.6 Å². The Morgan fingerprint density at radius 1 is 0.964 bits per heavy atom. The fourth-order valence-electron chi connectivity index (χ4n) is 4.70. The third-order valence-corrected chi connectivity index (χ3v) is 6.48. The normalized spacial score (nSPS) is 26.0. The minimum absolute atomic E-state index is 0.0807. The Kier molecular flexibility index (Phi) is 6.11. The minimum Gasteiger partial charge on any atom is -0.353 e. The van der Waals surface area contributed by atoms with Crippen LogP contribution in [0.15, 0.2) is 12.4 Å². The van der Waals surface area contributed by atoms with Crippen molar-refractivity contribution < 1.29 is 9.59 Å². The second kappa shape index (κ2) is 8.74. The molecular formula is C20H28ClN5O2. The molecule has 2 unspecified atom stereocenters. The molecule has 3 aliphatic rings. The van der Waals surface area contributed by atoms with Gasteiger partial charge in [0, 0.05) is 44.6 Å². The molecule has 1 aromatic rings. The number of nitrogens with zero attached hydrogens (tertiary/aromatic N) is 5. The van der Waals surface area contributed by atoms with Gasteiger partial charge in [0.1, 0.15) is 11.0 Å². The molecule has 2 amide bonds. The maximum atomic E-state index is 12.5. The standard InChI is InChI=1S/C20H28ClN5O2/c21-17-13-22-14-18(23-17)25-10-8-24(9-11-25)6-1-2-7-26-19(27)15-4-3-5-16(12-15)20(26)28/h13-16H,1-12H2. The topological polar surface area (TPSA) is 69.6 Å². The van der Waals surface area contributed by atoms with Gasteiger partial charge in [0.15, 0.2) is 0 Å². The summed E-state index contributed by atoms with van der Waals surface area (Å²) in [6, 6.07) is 0. The van der Waals surface area contributed by atoms with Crippen LogP contribution in [-0.2, 0) is 9.59 Å². The first-order chi connectivity index (χ1) is 13.6. The van der Waals surface area contributed by atoms with Crippen LogP contribution in [-0.4, -0.2) is 70.9 Å². The van der Waals surface area contributed by atoms with E-state index in [4.69, 9.17) is 11.6 Å². The van der Waals surface area contributed by atoms with Crippen molar-refractivity contribution in [3.05, 3.63) is 17.5 Å². The van der Waals surface area contributed by atoms with Crippen molar-refractivity contribution in [3.8, 4) is 0 Å². The number of likely N-dealkylation sites (tertiary alicyclic amines) is 1. The number of hydrogen-bond donors (Lipinski definition) is 0. The van der Waals surface area contributed by atoms with Crippen molar-refractivity contribution >= 4 is 29.2 Å². The number of anilines is 1. The van der Waals surface area contributed by atoms with E-state index in [-0.39, 0.29) is 23.7 Å². The Labute approximate surface area is 171 Å². The highest BCUT2D eigenvalue weighted by molar-refractivity contribution is 6.29. The largest absolute Gasteiger partial charge is 0.353 e. The molecule has 152 valence electrons. The molecule has 3 heterocycles. The van der Waals surface area contributed by atoms with Crippen molar-refractivity contribution in [2.24, 2.45) is 11.8 Å². The van der Waals surface area contributed by atoms with Crippen LogP contribution in [0, 0.1) is 11.8 Å². The number of rotatable bonds is 6. The number of unbranched alkanes of at least 4 members (excludes halogenated alkanes) is 1. The second-order valence-corrected chi connectivity index (χ2v) is 8.51. The van der Waals surface area contributed by atoms with E-state index in [1.54, 1.807) is 17.3 Å². The number of imide groups is 1. The van der Waals surface area contributed by atoms with Crippen LogP contribution in [0.2, 0.25) is 5.15 Å².